The van der Waals surface area contributed by atoms with Crippen molar-refractivity contribution in [3.05, 3.63) is 77.6 Å². The summed E-state index contributed by atoms with van der Waals surface area (Å²) in [6.07, 6.45) is 4.17. The molecule has 1 aliphatic rings. The smallest absolute Gasteiger partial charge is 0.312 e. The van der Waals surface area contributed by atoms with E-state index >= 15 is 0 Å². The number of carbonyl (C=O) groups is 1. The van der Waals surface area contributed by atoms with Crippen molar-refractivity contribution in [2.24, 2.45) is 0 Å². The summed E-state index contributed by atoms with van der Waals surface area (Å²) in [6.45, 7) is 2.33. The van der Waals surface area contributed by atoms with Gasteiger partial charge >= 0.3 is 11.8 Å². The standard InChI is InChI=1S/C22H19N8O2P/c1-12-4-2-5-14(25-12)20-26-27-21(32-20)22(31)29-9-7-13-18(24-11-23-13)19(29)15-10-16-17(33)6-3-8-30(16)28-15/h2-6,8,10-11,19H,7,9,33H2,1H3,(H,23,24)/t19-/m1/s1. The lowest BCUT2D eigenvalue weighted by atomic mass is 9.99. The zero-order valence-electron chi connectivity index (χ0n) is 17.6. The molecule has 5 aromatic rings. The summed E-state index contributed by atoms with van der Waals surface area (Å²) in [7, 11) is 2.71. The molecule has 164 valence electrons. The van der Waals surface area contributed by atoms with Gasteiger partial charge in [0, 0.05) is 30.6 Å². The molecule has 11 heteroatoms. The van der Waals surface area contributed by atoms with E-state index in [2.05, 4.69) is 34.4 Å². The quantitative estimate of drug-likeness (QED) is 0.411. The van der Waals surface area contributed by atoms with E-state index in [1.54, 1.807) is 21.8 Å². The Balaban J connectivity index is 1.40. The molecule has 0 spiro atoms. The molecule has 1 amide bonds. The number of amides is 1. The molecule has 0 saturated heterocycles. The first-order chi connectivity index (χ1) is 16.1. The number of carbonyl (C=O) groups excluding carboxylic acids is 1. The van der Waals surface area contributed by atoms with Crippen molar-refractivity contribution >= 4 is 26.0 Å². The molecule has 6 heterocycles. The molecular formula is C22H19N8O2P. The molecular weight excluding hydrogens is 439 g/mol. The molecule has 5 aromatic heterocycles. The highest BCUT2D eigenvalue weighted by Gasteiger charge is 2.38. The summed E-state index contributed by atoms with van der Waals surface area (Å²) in [4.78, 5) is 27.3. The summed E-state index contributed by atoms with van der Waals surface area (Å²) in [5.74, 6) is -0.257. The average molecular weight is 458 g/mol. The molecule has 1 aliphatic heterocycles. The van der Waals surface area contributed by atoms with Crippen LogP contribution >= 0.6 is 9.24 Å². The number of H-pyrrole nitrogens is 1. The highest BCUT2D eigenvalue weighted by atomic mass is 31.0. The number of aryl methyl sites for hydroxylation is 1. The number of aromatic nitrogens is 7. The Morgan fingerprint density at radius 3 is 3.00 bits per heavy atom. The lowest BCUT2D eigenvalue weighted by Gasteiger charge is -2.32. The fourth-order valence-corrected chi connectivity index (χ4v) is 4.51. The van der Waals surface area contributed by atoms with E-state index in [4.69, 9.17) is 9.52 Å². The van der Waals surface area contributed by atoms with Gasteiger partial charge in [0.25, 0.3) is 5.89 Å². The van der Waals surface area contributed by atoms with Gasteiger partial charge in [-0.25, -0.2) is 14.5 Å². The largest absolute Gasteiger partial charge is 0.411 e. The van der Waals surface area contributed by atoms with Gasteiger partial charge in [0.2, 0.25) is 0 Å². The van der Waals surface area contributed by atoms with Crippen molar-refractivity contribution in [3.8, 4) is 11.6 Å². The Labute approximate surface area is 190 Å². The number of hydrogen-bond acceptors (Lipinski definition) is 7. The minimum atomic E-state index is -0.482. The molecule has 1 unspecified atom stereocenters. The lowest BCUT2D eigenvalue weighted by molar-refractivity contribution is 0.0646. The van der Waals surface area contributed by atoms with Gasteiger partial charge < -0.3 is 14.3 Å². The number of hydrogen-bond donors (Lipinski definition) is 1. The fourth-order valence-electron chi connectivity index (χ4n) is 4.18. The van der Waals surface area contributed by atoms with E-state index in [1.807, 2.05) is 43.5 Å². The van der Waals surface area contributed by atoms with E-state index < -0.39 is 6.04 Å². The Morgan fingerprint density at radius 2 is 2.15 bits per heavy atom. The minimum absolute atomic E-state index is 0.0900. The van der Waals surface area contributed by atoms with Gasteiger partial charge in [-0.05, 0) is 36.5 Å². The second kappa shape index (κ2) is 7.60. The van der Waals surface area contributed by atoms with E-state index in [-0.39, 0.29) is 17.7 Å². The summed E-state index contributed by atoms with van der Waals surface area (Å²) in [5, 5.41) is 13.8. The lowest BCUT2D eigenvalue weighted by Crippen LogP contribution is -2.41. The highest BCUT2D eigenvalue weighted by Crippen LogP contribution is 2.34. The predicted octanol–water partition coefficient (Wildman–Crippen LogP) is 2.10. The number of imidazole rings is 1. The molecule has 2 atom stereocenters. The predicted molar refractivity (Wildman–Crippen MR) is 122 cm³/mol. The minimum Gasteiger partial charge on any atom is -0.411 e. The first kappa shape index (κ1) is 19.8. The Kier molecular flexibility index (Phi) is 4.55. The van der Waals surface area contributed by atoms with Crippen LogP contribution in [0.4, 0.5) is 0 Å². The zero-order chi connectivity index (χ0) is 22.5. The van der Waals surface area contributed by atoms with E-state index in [1.165, 1.54) is 0 Å². The maximum atomic E-state index is 13.5. The van der Waals surface area contributed by atoms with E-state index in [9.17, 15) is 4.79 Å². The van der Waals surface area contributed by atoms with E-state index in [0.29, 0.717) is 24.4 Å². The highest BCUT2D eigenvalue weighted by molar-refractivity contribution is 7.28. The Morgan fingerprint density at radius 1 is 1.24 bits per heavy atom. The molecule has 0 aliphatic carbocycles. The molecule has 33 heavy (non-hydrogen) atoms. The normalized spacial score (nSPS) is 15.7. The average Bonchev–Trinajstić information content (AvgIpc) is 3.57. The molecule has 10 nitrogen and oxygen atoms in total. The Bertz CT molecular complexity index is 1500. The van der Waals surface area contributed by atoms with Crippen LogP contribution in [0.1, 0.15) is 39.5 Å². The summed E-state index contributed by atoms with van der Waals surface area (Å²) in [6, 6.07) is 10.9. The van der Waals surface area contributed by atoms with Crippen molar-refractivity contribution in [1.29, 1.82) is 0 Å². The number of rotatable bonds is 3. The SMILES string of the molecule is Cc1cccc(-c2nnc(C(=O)N3CCc4[nH]cnc4[C@H]3c3cc4c(P)cccn4n3)o2)n1. The van der Waals surface area contributed by atoms with Crippen molar-refractivity contribution in [2.45, 2.75) is 19.4 Å². The number of pyridine rings is 2. The number of nitrogens with zero attached hydrogens (tertiary/aromatic N) is 7. The molecule has 0 fully saturated rings. The van der Waals surface area contributed by atoms with Gasteiger partial charge in [0.05, 0.1) is 23.2 Å². The van der Waals surface area contributed by atoms with Gasteiger partial charge in [-0.3, -0.25) is 4.79 Å². The summed E-state index contributed by atoms with van der Waals surface area (Å²) in [5.41, 5.74) is 4.76. The maximum Gasteiger partial charge on any atom is 0.312 e. The summed E-state index contributed by atoms with van der Waals surface area (Å²) < 4.78 is 7.54. The van der Waals surface area contributed by atoms with Crippen molar-refractivity contribution in [1.82, 2.24) is 39.7 Å². The third-order valence-corrected chi connectivity index (χ3v) is 6.22. The topological polar surface area (TPSA) is 118 Å². The number of fused-ring (bicyclic) bond motifs is 2. The van der Waals surface area contributed by atoms with Crippen molar-refractivity contribution < 1.29 is 9.21 Å². The van der Waals surface area contributed by atoms with Crippen LogP contribution in [0.25, 0.3) is 17.1 Å². The second-order valence-electron chi connectivity index (χ2n) is 7.86. The fraction of sp³-hybridized carbons (Fsp3) is 0.182. The first-order valence-corrected chi connectivity index (χ1v) is 11.0. The van der Waals surface area contributed by atoms with Crippen LogP contribution in [0, 0.1) is 6.92 Å². The molecule has 0 aromatic carbocycles. The number of nitrogens with one attached hydrogen (secondary N) is 1. The monoisotopic (exact) mass is 458 g/mol. The van der Waals surface area contributed by atoms with Crippen LogP contribution in [0.2, 0.25) is 0 Å². The summed E-state index contributed by atoms with van der Waals surface area (Å²) >= 11 is 0. The molecule has 0 radical (unpaired) electrons. The third-order valence-electron chi connectivity index (χ3n) is 5.73. The van der Waals surface area contributed by atoms with E-state index in [0.717, 1.165) is 27.9 Å². The number of aromatic amines is 1. The van der Waals surface area contributed by atoms with Crippen molar-refractivity contribution in [3.63, 3.8) is 0 Å². The van der Waals surface area contributed by atoms with Gasteiger partial charge in [0.15, 0.2) is 0 Å². The molecule has 0 bridgehead atoms. The molecule has 6 rings (SSSR count). The maximum absolute atomic E-state index is 13.5. The van der Waals surface area contributed by atoms with Crippen LogP contribution in [0.15, 0.2) is 53.3 Å². The zero-order valence-corrected chi connectivity index (χ0v) is 18.8. The van der Waals surface area contributed by atoms with Gasteiger partial charge in [-0.2, -0.15) is 5.10 Å². The molecule has 0 saturated carbocycles. The van der Waals surface area contributed by atoms with Crippen LogP contribution < -0.4 is 5.30 Å². The van der Waals surface area contributed by atoms with Crippen LogP contribution in [0.5, 0.6) is 0 Å². The Hall–Kier alpha value is -3.91. The third kappa shape index (κ3) is 3.30. The van der Waals surface area contributed by atoms with Gasteiger partial charge in [-0.15, -0.1) is 19.4 Å². The van der Waals surface area contributed by atoms with Crippen LogP contribution in [-0.4, -0.2) is 52.1 Å². The second-order valence-corrected chi connectivity index (χ2v) is 8.48. The van der Waals surface area contributed by atoms with Gasteiger partial charge in [0.1, 0.15) is 11.7 Å². The van der Waals surface area contributed by atoms with Crippen LogP contribution in [0.3, 0.4) is 0 Å². The molecule has 1 N–H and O–H groups in total. The first-order valence-electron chi connectivity index (χ1n) is 10.4. The van der Waals surface area contributed by atoms with Crippen LogP contribution in [-0.2, 0) is 6.42 Å². The van der Waals surface area contributed by atoms with Crippen molar-refractivity contribution in [2.75, 3.05) is 6.54 Å². The van der Waals surface area contributed by atoms with Gasteiger partial charge in [-0.1, -0.05) is 12.1 Å².